The third kappa shape index (κ3) is 4.50. The Morgan fingerprint density at radius 3 is 2.79 bits per heavy atom. The number of nitrogens with zero attached hydrogens (tertiary/aromatic N) is 1. The lowest BCUT2D eigenvalue weighted by atomic mass is 9.91. The predicted molar refractivity (Wildman–Crippen MR) is 83.1 cm³/mol. The van der Waals surface area contributed by atoms with Crippen LogP contribution in [0.2, 0.25) is 0 Å². The van der Waals surface area contributed by atoms with Gasteiger partial charge in [-0.3, -0.25) is 4.90 Å². The first-order chi connectivity index (χ1) is 9.29. The maximum absolute atomic E-state index is 2.59. The van der Waals surface area contributed by atoms with Gasteiger partial charge in [0.15, 0.2) is 0 Å². The zero-order valence-electron chi connectivity index (χ0n) is 12.4. The minimum Gasteiger partial charge on any atom is -0.295 e. The largest absolute Gasteiger partial charge is 0.295 e. The summed E-state index contributed by atoms with van der Waals surface area (Å²) in [6, 6.07) is 10.8. The number of hydrogen-bond acceptors (Lipinski definition) is 1. The molecule has 1 fully saturated rings. The quantitative estimate of drug-likeness (QED) is 0.548. The Labute approximate surface area is 118 Å². The second-order valence-corrected chi connectivity index (χ2v) is 5.81. The van der Waals surface area contributed by atoms with Crippen molar-refractivity contribution in [2.24, 2.45) is 5.92 Å². The zero-order valence-corrected chi connectivity index (χ0v) is 12.4. The SMILES string of the molecule is CCCC/C=C1\CN(Cc2ccccc2)CCC1C. The molecule has 104 valence electrons. The first-order valence-electron chi connectivity index (χ1n) is 7.74. The van der Waals surface area contributed by atoms with E-state index in [4.69, 9.17) is 0 Å². The summed E-state index contributed by atoms with van der Waals surface area (Å²) in [5.41, 5.74) is 3.10. The second-order valence-electron chi connectivity index (χ2n) is 5.81. The maximum Gasteiger partial charge on any atom is 0.0237 e. The standard InChI is InChI=1S/C18H27N/c1-3-4-6-11-18-15-19(13-12-16(18)2)14-17-9-7-5-8-10-17/h5,7-11,16H,3-4,6,12-15H2,1-2H3/b18-11+. The van der Waals surface area contributed by atoms with Gasteiger partial charge in [0, 0.05) is 13.1 Å². The van der Waals surface area contributed by atoms with Crippen molar-refractivity contribution in [1.29, 1.82) is 0 Å². The average Bonchev–Trinajstić information content (AvgIpc) is 2.44. The number of piperidine rings is 1. The zero-order chi connectivity index (χ0) is 13.5. The van der Waals surface area contributed by atoms with E-state index in [1.807, 2.05) is 0 Å². The molecule has 1 unspecified atom stereocenters. The highest BCUT2D eigenvalue weighted by atomic mass is 15.1. The minimum absolute atomic E-state index is 0.781. The lowest BCUT2D eigenvalue weighted by Gasteiger charge is -2.33. The number of benzene rings is 1. The first kappa shape index (κ1) is 14.3. The Hall–Kier alpha value is -1.08. The molecule has 0 N–H and O–H groups in total. The van der Waals surface area contributed by atoms with Gasteiger partial charge < -0.3 is 0 Å². The molecule has 0 aliphatic carbocycles. The topological polar surface area (TPSA) is 3.24 Å². The Morgan fingerprint density at radius 1 is 1.26 bits per heavy atom. The smallest absolute Gasteiger partial charge is 0.0237 e. The van der Waals surface area contributed by atoms with Crippen LogP contribution in [0.5, 0.6) is 0 Å². The lowest BCUT2D eigenvalue weighted by Crippen LogP contribution is -2.34. The summed E-state index contributed by atoms with van der Waals surface area (Å²) in [5.74, 6) is 0.781. The molecule has 1 aromatic carbocycles. The van der Waals surface area contributed by atoms with Crippen LogP contribution in [0, 0.1) is 5.92 Å². The monoisotopic (exact) mass is 257 g/mol. The fraction of sp³-hybridized carbons (Fsp3) is 0.556. The first-order valence-corrected chi connectivity index (χ1v) is 7.74. The molecule has 1 saturated heterocycles. The minimum atomic E-state index is 0.781. The predicted octanol–water partition coefficient (Wildman–Crippen LogP) is 4.65. The molecule has 1 heterocycles. The van der Waals surface area contributed by atoms with Gasteiger partial charge in [-0.05, 0) is 30.9 Å². The fourth-order valence-corrected chi connectivity index (χ4v) is 2.79. The third-order valence-electron chi connectivity index (χ3n) is 4.13. The van der Waals surface area contributed by atoms with Crippen molar-refractivity contribution in [3.05, 3.63) is 47.5 Å². The molecular weight excluding hydrogens is 230 g/mol. The number of likely N-dealkylation sites (tertiary alicyclic amines) is 1. The van der Waals surface area contributed by atoms with E-state index in [2.05, 4.69) is 55.2 Å². The van der Waals surface area contributed by atoms with E-state index in [0.29, 0.717) is 0 Å². The molecule has 1 aliphatic rings. The van der Waals surface area contributed by atoms with Crippen LogP contribution in [0.15, 0.2) is 42.0 Å². The molecule has 0 spiro atoms. The van der Waals surface area contributed by atoms with E-state index in [1.165, 1.54) is 44.3 Å². The van der Waals surface area contributed by atoms with Gasteiger partial charge >= 0.3 is 0 Å². The molecule has 1 heteroatoms. The fourth-order valence-electron chi connectivity index (χ4n) is 2.79. The summed E-state index contributed by atoms with van der Waals surface area (Å²) < 4.78 is 0. The average molecular weight is 257 g/mol. The summed E-state index contributed by atoms with van der Waals surface area (Å²) in [4.78, 5) is 2.59. The Balaban J connectivity index is 1.91. The van der Waals surface area contributed by atoms with E-state index in [-0.39, 0.29) is 0 Å². The molecule has 2 rings (SSSR count). The van der Waals surface area contributed by atoms with Crippen LogP contribution in [0.1, 0.15) is 45.1 Å². The van der Waals surface area contributed by atoms with Crippen molar-refractivity contribution >= 4 is 0 Å². The highest BCUT2D eigenvalue weighted by Crippen LogP contribution is 2.24. The highest BCUT2D eigenvalue weighted by Gasteiger charge is 2.19. The highest BCUT2D eigenvalue weighted by molar-refractivity contribution is 5.16. The van der Waals surface area contributed by atoms with Gasteiger partial charge in [-0.2, -0.15) is 0 Å². The summed E-state index contributed by atoms with van der Waals surface area (Å²) in [5, 5.41) is 0. The molecule has 0 amide bonds. The van der Waals surface area contributed by atoms with Crippen molar-refractivity contribution in [2.45, 2.75) is 46.1 Å². The van der Waals surface area contributed by atoms with Crippen LogP contribution in [-0.4, -0.2) is 18.0 Å². The van der Waals surface area contributed by atoms with Crippen LogP contribution in [0.3, 0.4) is 0 Å². The van der Waals surface area contributed by atoms with Gasteiger partial charge in [0.25, 0.3) is 0 Å². The summed E-state index contributed by atoms with van der Waals surface area (Å²) in [6.07, 6.45) is 7.70. The van der Waals surface area contributed by atoms with Crippen molar-refractivity contribution < 1.29 is 0 Å². The van der Waals surface area contributed by atoms with Crippen LogP contribution < -0.4 is 0 Å². The summed E-state index contributed by atoms with van der Waals surface area (Å²) in [7, 11) is 0. The van der Waals surface area contributed by atoms with E-state index in [0.717, 1.165) is 12.5 Å². The number of rotatable bonds is 5. The molecule has 0 aromatic heterocycles. The van der Waals surface area contributed by atoms with Gasteiger partial charge in [0.1, 0.15) is 0 Å². The van der Waals surface area contributed by atoms with Crippen molar-refractivity contribution in [3.63, 3.8) is 0 Å². The van der Waals surface area contributed by atoms with Gasteiger partial charge in [-0.15, -0.1) is 0 Å². The van der Waals surface area contributed by atoms with Gasteiger partial charge in [-0.25, -0.2) is 0 Å². The molecule has 0 bridgehead atoms. The molecular formula is C18H27N. The van der Waals surface area contributed by atoms with Gasteiger partial charge in [0.2, 0.25) is 0 Å². The molecule has 19 heavy (non-hydrogen) atoms. The van der Waals surface area contributed by atoms with Crippen LogP contribution in [0.25, 0.3) is 0 Å². The molecule has 0 radical (unpaired) electrons. The summed E-state index contributed by atoms with van der Waals surface area (Å²) >= 11 is 0. The Kier molecular flexibility index (Phi) is 5.65. The van der Waals surface area contributed by atoms with E-state index < -0.39 is 0 Å². The van der Waals surface area contributed by atoms with E-state index >= 15 is 0 Å². The molecule has 1 aromatic rings. The number of unbranched alkanes of at least 4 members (excludes halogenated alkanes) is 2. The van der Waals surface area contributed by atoms with E-state index in [1.54, 1.807) is 5.57 Å². The molecule has 0 saturated carbocycles. The van der Waals surface area contributed by atoms with Crippen molar-refractivity contribution in [1.82, 2.24) is 4.90 Å². The van der Waals surface area contributed by atoms with Crippen LogP contribution in [0.4, 0.5) is 0 Å². The Morgan fingerprint density at radius 2 is 2.05 bits per heavy atom. The number of allylic oxidation sites excluding steroid dienone is 1. The van der Waals surface area contributed by atoms with Crippen LogP contribution >= 0.6 is 0 Å². The van der Waals surface area contributed by atoms with Crippen LogP contribution in [-0.2, 0) is 6.54 Å². The van der Waals surface area contributed by atoms with E-state index in [9.17, 15) is 0 Å². The number of hydrogen-bond donors (Lipinski definition) is 0. The van der Waals surface area contributed by atoms with Gasteiger partial charge in [0.05, 0.1) is 0 Å². The Bertz CT molecular complexity index is 393. The maximum atomic E-state index is 2.59. The lowest BCUT2D eigenvalue weighted by molar-refractivity contribution is 0.231. The van der Waals surface area contributed by atoms with Gasteiger partial charge in [-0.1, -0.05) is 68.7 Å². The molecule has 1 aliphatic heterocycles. The van der Waals surface area contributed by atoms with Crippen molar-refractivity contribution in [2.75, 3.05) is 13.1 Å². The third-order valence-corrected chi connectivity index (χ3v) is 4.13. The molecule has 1 nitrogen and oxygen atoms in total. The summed E-state index contributed by atoms with van der Waals surface area (Å²) in [6.45, 7) is 8.15. The normalized spacial score (nSPS) is 22.8. The molecule has 1 atom stereocenters. The van der Waals surface area contributed by atoms with Crippen molar-refractivity contribution in [3.8, 4) is 0 Å². The second kappa shape index (κ2) is 7.49.